The summed E-state index contributed by atoms with van der Waals surface area (Å²) in [4.78, 5) is 0. The number of hydrogen-bond acceptors (Lipinski definition) is 2. The van der Waals surface area contributed by atoms with Crippen LogP contribution < -0.4 is 11.5 Å². The van der Waals surface area contributed by atoms with Gasteiger partial charge in [0.15, 0.2) is 0 Å². The fourth-order valence-corrected chi connectivity index (χ4v) is 4.53. The van der Waals surface area contributed by atoms with Crippen molar-refractivity contribution in [2.24, 2.45) is 0 Å². The van der Waals surface area contributed by atoms with E-state index in [1.54, 1.807) is 0 Å². The Balaban J connectivity index is 2.37. The molecule has 0 spiro atoms. The van der Waals surface area contributed by atoms with Gasteiger partial charge in [0.25, 0.3) is 0 Å². The van der Waals surface area contributed by atoms with E-state index in [1.165, 1.54) is 84.7 Å². The average Bonchev–Trinajstić information content (AvgIpc) is 2.77. The molecule has 2 rings (SSSR count). The van der Waals surface area contributed by atoms with Crippen molar-refractivity contribution in [3.8, 4) is 0 Å². The normalized spacial score (nSPS) is 11.2. The van der Waals surface area contributed by atoms with Gasteiger partial charge in [0.05, 0.1) is 0 Å². The van der Waals surface area contributed by atoms with Gasteiger partial charge in [0, 0.05) is 17.8 Å². The van der Waals surface area contributed by atoms with Crippen LogP contribution in [0.2, 0.25) is 0 Å². The molecule has 0 unspecified atom stereocenters. The molecule has 172 valence electrons. The number of nitrogens with two attached hydrogens (primary N) is 2. The summed E-state index contributed by atoms with van der Waals surface area (Å²) >= 11 is 0. The van der Waals surface area contributed by atoms with Gasteiger partial charge in [-0.05, 0) is 84.7 Å². The van der Waals surface area contributed by atoms with Gasteiger partial charge in [0.2, 0.25) is 0 Å². The predicted molar refractivity (Wildman–Crippen MR) is 139 cm³/mol. The number of benzene rings is 2. The number of rotatable bonds is 14. The monoisotopic (exact) mass is 422 g/mol. The van der Waals surface area contributed by atoms with E-state index in [9.17, 15) is 0 Å². The van der Waals surface area contributed by atoms with Crippen molar-refractivity contribution in [2.45, 2.75) is 111 Å². The summed E-state index contributed by atoms with van der Waals surface area (Å²) in [5, 5.41) is 0. The van der Waals surface area contributed by atoms with Crippen molar-refractivity contribution in [2.75, 3.05) is 11.5 Å². The fourth-order valence-electron chi connectivity index (χ4n) is 4.53. The maximum Gasteiger partial charge on any atom is 0.0385 e. The van der Waals surface area contributed by atoms with Crippen LogP contribution in [0.15, 0.2) is 24.3 Å². The van der Waals surface area contributed by atoms with E-state index in [4.69, 9.17) is 11.5 Å². The second kappa shape index (κ2) is 13.5. The molecule has 4 N–H and O–H groups in total. The number of anilines is 2. The first-order valence-corrected chi connectivity index (χ1v) is 12.8. The lowest BCUT2D eigenvalue weighted by atomic mass is 9.89. The van der Waals surface area contributed by atoms with Crippen LogP contribution in [0.1, 0.15) is 112 Å². The van der Waals surface area contributed by atoms with E-state index in [-0.39, 0.29) is 0 Å². The minimum absolute atomic E-state index is 0.831. The SMILES string of the molecule is CCCCc1ccc(Cc2ccc(CCCC)c(CCCC)c2N)c(N)c1CCCC. The Hall–Kier alpha value is -1.96. The van der Waals surface area contributed by atoms with Gasteiger partial charge < -0.3 is 11.5 Å². The van der Waals surface area contributed by atoms with Crippen LogP contribution in [0.4, 0.5) is 11.4 Å². The molecule has 0 saturated carbocycles. The van der Waals surface area contributed by atoms with E-state index in [0.717, 1.165) is 43.5 Å². The van der Waals surface area contributed by atoms with Crippen molar-refractivity contribution in [3.63, 3.8) is 0 Å². The van der Waals surface area contributed by atoms with Crippen molar-refractivity contribution in [1.82, 2.24) is 0 Å². The third kappa shape index (κ3) is 7.02. The van der Waals surface area contributed by atoms with Gasteiger partial charge in [-0.3, -0.25) is 0 Å². The van der Waals surface area contributed by atoms with Crippen LogP contribution in [0, 0.1) is 0 Å². The molecule has 0 aromatic heterocycles. The first-order valence-electron chi connectivity index (χ1n) is 12.8. The Bertz CT molecular complexity index is 739. The summed E-state index contributed by atoms with van der Waals surface area (Å²) < 4.78 is 0. The van der Waals surface area contributed by atoms with Gasteiger partial charge in [-0.2, -0.15) is 0 Å². The maximum atomic E-state index is 6.77. The van der Waals surface area contributed by atoms with Gasteiger partial charge in [0.1, 0.15) is 0 Å². The molecule has 0 amide bonds. The molecular weight excluding hydrogens is 376 g/mol. The molecule has 0 fully saturated rings. The molecule has 2 aromatic carbocycles. The molecule has 0 heterocycles. The molecule has 0 aliphatic rings. The molecule has 2 heteroatoms. The van der Waals surface area contributed by atoms with Gasteiger partial charge in [-0.15, -0.1) is 0 Å². The smallest absolute Gasteiger partial charge is 0.0385 e. The van der Waals surface area contributed by atoms with E-state index >= 15 is 0 Å². The van der Waals surface area contributed by atoms with Crippen molar-refractivity contribution >= 4 is 11.4 Å². The minimum Gasteiger partial charge on any atom is -0.398 e. The molecule has 0 radical (unpaired) electrons. The Kier molecular flexibility index (Phi) is 11.0. The topological polar surface area (TPSA) is 52.0 Å². The largest absolute Gasteiger partial charge is 0.398 e. The van der Waals surface area contributed by atoms with Crippen molar-refractivity contribution in [1.29, 1.82) is 0 Å². The molecule has 31 heavy (non-hydrogen) atoms. The second-order valence-electron chi connectivity index (χ2n) is 9.14. The standard InChI is InChI=1S/C29H46N2/c1-5-9-13-22-17-19-24(28(30)26(22)15-11-7-3)21-25-20-18-23(14-10-6-2)27(29(25)31)16-12-8-4/h17-20H,5-16,21,30-31H2,1-4H3. The summed E-state index contributed by atoms with van der Waals surface area (Å²) in [6.07, 6.45) is 15.0. The quantitative estimate of drug-likeness (QED) is 0.305. The lowest BCUT2D eigenvalue weighted by molar-refractivity contribution is 0.757. The van der Waals surface area contributed by atoms with Crippen LogP contribution in [-0.4, -0.2) is 0 Å². The first kappa shape index (κ1) is 25.3. The van der Waals surface area contributed by atoms with E-state index in [0.29, 0.717) is 0 Å². The number of hydrogen-bond donors (Lipinski definition) is 2. The van der Waals surface area contributed by atoms with Crippen molar-refractivity contribution in [3.05, 3.63) is 57.6 Å². The number of aryl methyl sites for hydroxylation is 2. The Morgan fingerprint density at radius 3 is 1.16 bits per heavy atom. The highest BCUT2D eigenvalue weighted by Gasteiger charge is 2.15. The third-order valence-corrected chi connectivity index (χ3v) is 6.63. The lowest BCUT2D eigenvalue weighted by Crippen LogP contribution is -2.08. The predicted octanol–water partition coefficient (Wildman–Crippen LogP) is 7.81. The molecule has 0 bridgehead atoms. The van der Waals surface area contributed by atoms with E-state index in [2.05, 4.69) is 52.0 Å². The average molecular weight is 423 g/mol. The van der Waals surface area contributed by atoms with Crippen LogP contribution in [-0.2, 0) is 32.1 Å². The summed E-state index contributed by atoms with van der Waals surface area (Å²) in [7, 11) is 0. The highest BCUT2D eigenvalue weighted by atomic mass is 14.6. The second-order valence-corrected chi connectivity index (χ2v) is 9.14. The zero-order valence-corrected chi connectivity index (χ0v) is 20.7. The molecule has 0 aliphatic heterocycles. The zero-order valence-electron chi connectivity index (χ0n) is 20.7. The highest BCUT2D eigenvalue weighted by Crippen LogP contribution is 2.31. The molecule has 2 nitrogen and oxygen atoms in total. The Labute approximate surface area is 191 Å². The van der Waals surface area contributed by atoms with Crippen LogP contribution in [0.5, 0.6) is 0 Å². The fraction of sp³-hybridized carbons (Fsp3) is 0.586. The summed E-state index contributed by atoms with van der Waals surface area (Å²) in [5.41, 5.74) is 23.7. The molecule has 0 atom stereocenters. The zero-order chi connectivity index (χ0) is 22.6. The van der Waals surface area contributed by atoms with Crippen LogP contribution in [0.3, 0.4) is 0 Å². The van der Waals surface area contributed by atoms with Crippen molar-refractivity contribution < 1.29 is 0 Å². The lowest BCUT2D eigenvalue weighted by Gasteiger charge is -2.19. The Morgan fingerprint density at radius 2 is 0.806 bits per heavy atom. The van der Waals surface area contributed by atoms with E-state index in [1.807, 2.05) is 0 Å². The first-order chi connectivity index (χ1) is 15.1. The van der Waals surface area contributed by atoms with E-state index < -0.39 is 0 Å². The molecule has 0 saturated heterocycles. The number of nitrogen functional groups attached to an aromatic ring is 2. The molecule has 2 aromatic rings. The number of unbranched alkanes of at least 4 members (excludes halogenated alkanes) is 4. The maximum absolute atomic E-state index is 6.77. The van der Waals surface area contributed by atoms with Gasteiger partial charge >= 0.3 is 0 Å². The highest BCUT2D eigenvalue weighted by molar-refractivity contribution is 5.63. The van der Waals surface area contributed by atoms with Crippen LogP contribution in [0.25, 0.3) is 0 Å². The third-order valence-electron chi connectivity index (χ3n) is 6.63. The summed E-state index contributed by atoms with van der Waals surface area (Å²) in [6.45, 7) is 9.02. The van der Waals surface area contributed by atoms with Crippen LogP contribution >= 0.6 is 0 Å². The minimum atomic E-state index is 0.831. The van der Waals surface area contributed by atoms with Gasteiger partial charge in [-0.25, -0.2) is 0 Å². The summed E-state index contributed by atoms with van der Waals surface area (Å²) in [6, 6.07) is 9.17. The molecular formula is C29H46N2. The summed E-state index contributed by atoms with van der Waals surface area (Å²) in [5.74, 6) is 0. The Morgan fingerprint density at radius 1 is 0.484 bits per heavy atom. The molecule has 0 aliphatic carbocycles. The van der Waals surface area contributed by atoms with Gasteiger partial charge in [-0.1, -0.05) is 77.6 Å².